The Kier molecular flexibility index (Phi) is 6.03. The van der Waals surface area contributed by atoms with Gasteiger partial charge in [-0.15, -0.1) is 0 Å². The van der Waals surface area contributed by atoms with E-state index in [2.05, 4.69) is 72.5 Å². The van der Waals surface area contributed by atoms with Crippen LogP contribution in [0, 0.1) is 28.6 Å². The van der Waals surface area contributed by atoms with Gasteiger partial charge in [0.05, 0.1) is 17.8 Å². The maximum Gasteiger partial charge on any atom is 0.184 e. The highest BCUT2D eigenvalue weighted by Crippen LogP contribution is 2.71. The van der Waals surface area contributed by atoms with Crippen LogP contribution in [0.4, 0.5) is 0 Å². The molecule has 3 saturated carbocycles. The normalized spacial score (nSPS) is 48.2. The van der Waals surface area contributed by atoms with Crippen molar-refractivity contribution in [2.24, 2.45) is 28.6 Å². The average molecular weight is 555 g/mol. The summed E-state index contributed by atoms with van der Waals surface area (Å²) in [5, 5.41) is 0. The zero-order valence-corrected chi connectivity index (χ0v) is 26.9. The van der Waals surface area contributed by atoms with Crippen molar-refractivity contribution in [3.63, 3.8) is 0 Å². The lowest BCUT2D eigenvalue weighted by Gasteiger charge is -2.62. The van der Waals surface area contributed by atoms with Gasteiger partial charge < -0.3 is 18.6 Å². The Labute approximate surface area is 236 Å². The molecule has 39 heavy (non-hydrogen) atoms. The van der Waals surface area contributed by atoms with Gasteiger partial charge in [0.15, 0.2) is 19.9 Å². The van der Waals surface area contributed by atoms with Crippen LogP contribution < -0.4 is 0 Å². The second kappa shape index (κ2) is 8.42. The first-order chi connectivity index (χ1) is 17.9. The third kappa shape index (κ3) is 3.98. The van der Waals surface area contributed by atoms with Crippen molar-refractivity contribution >= 4 is 14.1 Å². The maximum absolute atomic E-state index is 14.1. The van der Waals surface area contributed by atoms with Crippen LogP contribution >= 0.6 is 0 Å². The number of ketones is 1. The molecule has 6 rings (SSSR count). The molecule has 6 aliphatic rings. The predicted molar refractivity (Wildman–Crippen MR) is 155 cm³/mol. The highest BCUT2D eigenvalue weighted by Gasteiger charge is 2.71. The van der Waals surface area contributed by atoms with E-state index in [0.717, 1.165) is 44.3 Å². The van der Waals surface area contributed by atoms with Gasteiger partial charge in [0.25, 0.3) is 0 Å². The summed E-state index contributed by atoms with van der Waals surface area (Å²) in [7, 11) is -1.98. The second-order valence-electron chi connectivity index (χ2n) is 15.8. The number of hydrogen-bond donors (Lipinski definition) is 0. The molecule has 6 heteroatoms. The summed E-state index contributed by atoms with van der Waals surface area (Å²) >= 11 is 0. The van der Waals surface area contributed by atoms with Crippen LogP contribution in [0.5, 0.6) is 0 Å². The summed E-state index contributed by atoms with van der Waals surface area (Å²) in [6, 6.07) is 0. The highest BCUT2D eigenvalue weighted by atomic mass is 28.4. The molecule has 0 N–H and O–H groups in total. The highest BCUT2D eigenvalue weighted by molar-refractivity contribution is 6.69. The summed E-state index contributed by atoms with van der Waals surface area (Å²) in [6.07, 6.45) is 12.3. The van der Waals surface area contributed by atoms with Gasteiger partial charge in [0.2, 0.25) is 0 Å². The SMILES string of the molecule is CC(C)=C1C=C[C@@](C)([C@H]2CC[C@@]3(O[Si](C)(C)C)C4=CC(=O)[C@@H]5C[C@H]6OC(C)(C)O[C@H]6C[C@]5(C)[C@H]4CC[C@]23C)O1. The monoisotopic (exact) mass is 554 g/mol. The molecule has 0 spiro atoms. The van der Waals surface area contributed by atoms with Gasteiger partial charge in [-0.25, -0.2) is 0 Å². The molecule has 0 unspecified atom stereocenters. The lowest BCUT2D eigenvalue weighted by atomic mass is 9.45. The quantitative estimate of drug-likeness (QED) is 0.338. The molecule has 0 amide bonds. The molecule has 2 aliphatic heterocycles. The van der Waals surface area contributed by atoms with Gasteiger partial charge in [0.1, 0.15) is 11.4 Å². The van der Waals surface area contributed by atoms with E-state index in [0.29, 0.717) is 11.8 Å². The lowest BCUT2D eigenvalue weighted by molar-refractivity contribution is -0.147. The zero-order chi connectivity index (χ0) is 28.4. The first kappa shape index (κ1) is 27.9. The van der Waals surface area contributed by atoms with Gasteiger partial charge >= 0.3 is 0 Å². The van der Waals surface area contributed by atoms with Crippen LogP contribution in [0.1, 0.15) is 87.0 Å². The molecule has 0 aromatic rings. The molecular formula is C33H50O5Si. The van der Waals surface area contributed by atoms with Crippen LogP contribution in [0.25, 0.3) is 0 Å². The number of carbonyl (C=O) groups excluding carboxylic acids is 1. The van der Waals surface area contributed by atoms with E-state index in [9.17, 15) is 4.79 Å². The van der Waals surface area contributed by atoms with Crippen LogP contribution in [0.2, 0.25) is 19.6 Å². The van der Waals surface area contributed by atoms with Crippen LogP contribution in [-0.4, -0.2) is 43.3 Å². The minimum atomic E-state index is -1.98. The fourth-order valence-corrected chi connectivity index (χ4v) is 11.5. The summed E-state index contributed by atoms with van der Waals surface area (Å²) < 4.78 is 26.8. The predicted octanol–water partition coefficient (Wildman–Crippen LogP) is 7.49. The van der Waals surface area contributed by atoms with E-state index in [1.807, 2.05) is 13.8 Å². The van der Waals surface area contributed by atoms with E-state index in [-0.39, 0.29) is 40.3 Å². The lowest BCUT2D eigenvalue weighted by Crippen LogP contribution is -2.64. The van der Waals surface area contributed by atoms with E-state index in [1.54, 1.807) is 0 Å². The Balaban J connectivity index is 1.43. The van der Waals surface area contributed by atoms with E-state index >= 15 is 0 Å². The van der Waals surface area contributed by atoms with E-state index in [1.165, 1.54) is 11.1 Å². The van der Waals surface area contributed by atoms with Crippen LogP contribution in [0.3, 0.4) is 0 Å². The topological polar surface area (TPSA) is 54.0 Å². The number of carbonyl (C=O) groups is 1. The smallest absolute Gasteiger partial charge is 0.184 e. The Morgan fingerprint density at radius 3 is 2.31 bits per heavy atom. The summed E-state index contributed by atoms with van der Waals surface area (Å²) in [6.45, 7) is 22.3. The maximum atomic E-state index is 14.1. The fraction of sp³-hybridized carbons (Fsp3) is 0.788. The molecule has 216 valence electrons. The van der Waals surface area contributed by atoms with Crippen molar-refractivity contribution in [3.05, 3.63) is 35.1 Å². The Bertz CT molecular complexity index is 1170. The van der Waals surface area contributed by atoms with Crippen molar-refractivity contribution in [1.29, 1.82) is 0 Å². The van der Waals surface area contributed by atoms with E-state index in [4.69, 9.17) is 18.6 Å². The van der Waals surface area contributed by atoms with E-state index < -0.39 is 19.7 Å². The number of rotatable bonds is 3. The third-order valence-corrected chi connectivity index (χ3v) is 12.4. The molecule has 5 nitrogen and oxygen atoms in total. The van der Waals surface area contributed by atoms with Crippen LogP contribution in [-0.2, 0) is 23.4 Å². The standard InChI is InChI=1S/C33H50O5Si/c1-20(2)25-12-15-32(7,37-25)28-13-16-33(38-39(8,9)10)22-17-24(34)23-18-26-27(36-29(3,4)35-26)19-30(23,5)21(22)11-14-31(28,33)6/h12,15,17,21,23,26-28H,11,13-14,16,18-19H2,1-10H3/t21-,23-,26+,27-,28-,30+,31+,32-,33+/m0/s1. The van der Waals surface area contributed by atoms with Crippen molar-refractivity contribution < 1.29 is 23.4 Å². The molecule has 0 radical (unpaired) electrons. The minimum absolute atomic E-state index is 0.00408. The number of fused-ring (bicyclic) bond motifs is 6. The summed E-state index contributed by atoms with van der Waals surface area (Å²) in [5.41, 5.74) is 1.41. The third-order valence-electron chi connectivity index (χ3n) is 11.5. The molecular weight excluding hydrogens is 504 g/mol. The van der Waals surface area contributed by atoms with Gasteiger partial charge in [0, 0.05) is 17.3 Å². The molecule has 9 atom stereocenters. The number of allylic oxidation sites excluding steroid dienone is 3. The number of ether oxygens (including phenoxy) is 3. The van der Waals surface area contributed by atoms with Gasteiger partial charge in [-0.1, -0.05) is 13.8 Å². The zero-order valence-electron chi connectivity index (χ0n) is 25.9. The second-order valence-corrected chi connectivity index (χ2v) is 20.3. The van der Waals surface area contributed by atoms with Crippen molar-refractivity contribution in [3.8, 4) is 0 Å². The number of hydrogen-bond acceptors (Lipinski definition) is 5. The molecule has 4 aliphatic carbocycles. The van der Waals surface area contributed by atoms with Crippen LogP contribution in [0.15, 0.2) is 35.1 Å². The van der Waals surface area contributed by atoms with Gasteiger partial charge in [-0.2, -0.15) is 0 Å². The Hall–Kier alpha value is -1.21. The largest absolute Gasteiger partial charge is 0.483 e. The summed E-state index contributed by atoms with van der Waals surface area (Å²) in [4.78, 5) is 14.1. The fourth-order valence-electron chi connectivity index (χ4n) is 9.98. The Morgan fingerprint density at radius 1 is 0.974 bits per heavy atom. The molecule has 4 fully saturated rings. The summed E-state index contributed by atoms with van der Waals surface area (Å²) in [5.74, 6) is 1.29. The first-order valence-electron chi connectivity index (χ1n) is 15.3. The molecule has 0 aromatic heterocycles. The molecule has 0 bridgehead atoms. The van der Waals surface area contributed by atoms with Crippen molar-refractivity contribution in [2.75, 3.05) is 0 Å². The van der Waals surface area contributed by atoms with Gasteiger partial charge in [-0.3, -0.25) is 4.79 Å². The molecule has 2 heterocycles. The van der Waals surface area contributed by atoms with Crippen molar-refractivity contribution in [1.82, 2.24) is 0 Å². The Morgan fingerprint density at radius 2 is 1.67 bits per heavy atom. The van der Waals surface area contributed by atoms with Crippen molar-refractivity contribution in [2.45, 2.75) is 136 Å². The first-order valence-corrected chi connectivity index (χ1v) is 18.7. The minimum Gasteiger partial charge on any atom is -0.483 e. The molecule has 0 aromatic carbocycles. The molecule has 1 saturated heterocycles. The average Bonchev–Trinajstić information content (AvgIpc) is 3.42. The van der Waals surface area contributed by atoms with Gasteiger partial charge in [-0.05, 0) is 133 Å².